The SMILES string of the molecule is CC(C)n1cc(CNC2CCCC2)c2cccc(CN)c21. The van der Waals surface area contributed by atoms with E-state index >= 15 is 0 Å². The number of nitrogens with two attached hydrogens (primary N) is 1. The first-order valence-corrected chi connectivity index (χ1v) is 8.25. The van der Waals surface area contributed by atoms with Crippen molar-refractivity contribution in [2.24, 2.45) is 5.73 Å². The molecule has 1 saturated carbocycles. The van der Waals surface area contributed by atoms with Gasteiger partial charge in [0.1, 0.15) is 0 Å². The minimum Gasteiger partial charge on any atom is -0.344 e. The molecule has 114 valence electrons. The summed E-state index contributed by atoms with van der Waals surface area (Å²) in [5.74, 6) is 0. The van der Waals surface area contributed by atoms with E-state index in [1.807, 2.05) is 0 Å². The molecule has 1 aromatic heterocycles. The quantitative estimate of drug-likeness (QED) is 0.879. The highest BCUT2D eigenvalue weighted by molar-refractivity contribution is 5.87. The normalized spacial score (nSPS) is 16.4. The van der Waals surface area contributed by atoms with E-state index in [2.05, 4.69) is 48.1 Å². The van der Waals surface area contributed by atoms with Crippen molar-refractivity contribution in [2.45, 2.75) is 64.7 Å². The number of aromatic nitrogens is 1. The van der Waals surface area contributed by atoms with E-state index in [4.69, 9.17) is 5.73 Å². The molecule has 1 fully saturated rings. The summed E-state index contributed by atoms with van der Waals surface area (Å²) in [5.41, 5.74) is 9.90. The van der Waals surface area contributed by atoms with Crippen LogP contribution in [0, 0.1) is 0 Å². The average Bonchev–Trinajstić information content (AvgIpc) is 3.12. The smallest absolute Gasteiger partial charge is 0.0531 e. The number of hydrogen-bond acceptors (Lipinski definition) is 2. The summed E-state index contributed by atoms with van der Waals surface area (Å²) in [4.78, 5) is 0. The molecule has 1 aliphatic carbocycles. The van der Waals surface area contributed by atoms with Gasteiger partial charge in [-0.15, -0.1) is 0 Å². The zero-order chi connectivity index (χ0) is 14.8. The first-order valence-electron chi connectivity index (χ1n) is 8.25. The Hall–Kier alpha value is -1.32. The molecule has 0 atom stereocenters. The summed E-state index contributed by atoms with van der Waals surface area (Å²) in [6.07, 6.45) is 7.73. The highest BCUT2D eigenvalue weighted by Crippen LogP contribution is 2.28. The van der Waals surface area contributed by atoms with Gasteiger partial charge in [-0.3, -0.25) is 0 Å². The van der Waals surface area contributed by atoms with Crippen molar-refractivity contribution < 1.29 is 0 Å². The third-order valence-corrected chi connectivity index (χ3v) is 4.73. The number of nitrogens with zero attached hydrogens (tertiary/aromatic N) is 1. The van der Waals surface area contributed by atoms with Crippen LogP contribution in [0.5, 0.6) is 0 Å². The van der Waals surface area contributed by atoms with Gasteiger partial charge in [0.25, 0.3) is 0 Å². The monoisotopic (exact) mass is 285 g/mol. The molecule has 0 amide bonds. The third kappa shape index (κ3) is 2.85. The van der Waals surface area contributed by atoms with Crippen LogP contribution in [-0.2, 0) is 13.1 Å². The lowest BCUT2D eigenvalue weighted by Crippen LogP contribution is -2.25. The van der Waals surface area contributed by atoms with E-state index in [1.54, 1.807) is 0 Å². The standard InChI is InChI=1S/C18H27N3/c1-13(2)21-12-15(11-20-16-7-3-4-8-16)17-9-5-6-14(10-19)18(17)21/h5-6,9,12-13,16,20H,3-4,7-8,10-11,19H2,1-2H3. The van der Waals surface area contributed by atoms with E-state index in [9.17, 15) is 0 Å². The van der Waals surface area contributed by atoms with Crippen LogP contribution in [0.25, 0.3) is 10.9 Å². The number of para-hydroxylation sites is 1. The zero-order valence-corrected chi connectivity index (χ0v) is 13.2. The number of nitrogens with one attached hydrogen (secondary N) is 1. The second kappa shape index (κ2) is 6.20. The minimum absolute atomic E-state index is 0.459. The molecule has 1 heterocycles. The van der Waals surface area contributed by atoms with E-state index in [-0.39, 0.29) is 0 Å². The molecular weight excluding hydrogens is 258 g/mol. The van der Waals surface area contributed by atoms with Gasteiger partial charge in [0, 0.05) is 36.8 Å². The molecular formula is C18H27N3. The number of hydrogen-bond donors (Lipinski definition) is 2. The minimum atomic E-state index is 0.459. The molecule has 1 aliphatic rings. The van der Waals surface area contributed by atoms with Crippen molar-refractivity contribution in [3.8, 4) is 0 Å². The van der Waals surface area contributed by atoms with Crippen molar-refractivity contribution in [1.29, 1.82) is 0 Å². The Balaban J connectivity index is 1.94. The summed E-state index contributed by atoms with van der Waals surface area (Å²) in [6, 6.07) is 7.68. The van der Waals surface area contributed by atoms with Gasteiger partial charge in [-0.25, -0.2) is 0 Å². The molecule has 0 radical (unpaired) electrons. The molecule has 3 heteroatoms. The van der Waals surface area contributed by atoms with Crippen molar-refractivity contribution in [2.75, 3.05) is 0 Å². The van der Waals surface area contributed by atoms with Crippen LogP contribution < -0.4 is 11.1 Å². The highest BCUT2D eigenvalue weighted by atomic mass is 15.0. The molecule has 0 spiro atoms. The molecule has 2 aromatic rings. The summed E-state index contributed by atoms with van der Waals surface area (Å²) in [5, 5.41) is 5.09. The van der Waals surface area contributed by atoms with Gasteiger partial charge >= 0.3 is 0 Å². The fraction of sp³-hybridized carbons (Fsp3) is 0.556. The molecule has 3 N–H and O–H groups in total. The van der Waals surface area contributed by atoms with Crippen molar-refractivity contribution in [3.63, 3.8) is 0 Å². The molecule has 1 aromatic carbocycles. The molecule has 0 saturated heterocycles. The average molecular weight is 285 g/mol. The Morgan fingerprint density at radius 3 is 2.67 bits per heavy atom. The van der Waals surface area contributed by atoms with Crippen LogP contribution >= 0.6 is 0 Å². The Kier molecular flexibility index (Phi) is 4.32. The first-order chi connectivity index (χ1) is 10.2. The number of benzene rings is 1. The lowest BCUT2D eigenvalue weighted by molar-refractivity contribution is 0.523. The van der Waals surface area contributed by atoms with Crippen molar-refractivity contribution in [1.82, 2.24) is 9.88 Å². The van der Waals surface area contributed by atoms with E-state index < -0.39 is 0 Å². The van der Waals surface area contributed by atoms with Gasteiger partial charge in [-0.1, -0.05) is 31.0 Å². The predicted molar refractivity (Wildman–Crippen MR) is 89.3 cm³/mol. The Labute approximate surface area is 127 Å². The third-order valence-electron chi connectivity index (χ3n) is 4.73. The van der Waals surface area contributed by atoms with Crippen LogP contribution in [0.2, 0.25) is 0 Å². The predicted octanol–water partition coefficient (Wildman–Crippen LogP) is 3.71. The van der Waals surface area contributed by atoms with Crippen LogP contribution in [0.3, 0.4) is 0 Å². The summed E-state index contributed by atoms with van der Waals surface area (Å²) >= 11 is 0. The highest BCUT2D eigenvalue weighted by Gasteiger charge is 2.17. The van der Waals surface area contributed by atoms with E-state index in [0.717, 1.165) is 6.54 Å². The first kappa shape index (κ1) is 14.6. The van der Waals surface area contributed by atoms with Crippen molar-refractivity contribution in [3.05, 3.63) is 35.5 Å². The molecule has 0 bridgehead atoms. The number of fused-ring (bicyclic) bond motifs is 1. The summed E-state index contributed by atoms with van der Waals surface area (Å²) < 4.78 is 2.38. The van der Waals surface area contributed by atoms with Gasteiger partial charge in [-0.05, 0) is 37.8 Å². The van der Waals surface area contributed by atoms with Crippen LogP contribution in [0.4, 0.5) is 0 Å². The fourth-order valence-electron chi connectivity index (χ4n) is 3.55. The Bertz CT molecular complexity index is 606. The molecule has 21 heavy (non-hydrogen) atoms. The van der Waals surface area contributed by atoms with Gasteiger partial charge in [0.2, 0.25) is 0 Å². The molecule has 0 unspecified atom stereocenters. The van der Waals surface area contributed by atoms with Gasteiger partial charge in [-0.2, -0.15) is 0 Å². The van der Waals surface area contributed by atoms with Crippen LogP contribution in [0.1, 0.15) is 56.7 Å². The Morgan fingerprint density at radius 1 is 1.24 bits per heavy atom. The van der Waals surface area contributed by atoms with Crippen molar-refractivity contribution >= 4 is 10.9 Å². The van der Waals surface area contributed by atoms with E-state index in [0.29, 0.717) is 18.6 Å². The molecule has 3 rings (SSSR count). The lowest BCUT2D eigenvalue weighted by Gasteiger charge is -2.11. The van der Waals surface area contributed by atoms with E-state index in [1.165, 1.54) is 47.7 Å². The topological polar surface area (TPSA) is 43.0 Å². The second-order valence-corrected chi connectivity index (χ2v) is 6.54. The van der Waals surface area contributed by atoms with Gasteiger partial charge < -0.3 is 15.6 Å². The number of rotatable bonds is 5. The zero-order valence-electron chi connectivity index (χ0n) is 13.2. The fourth-order valence-corrected chi connectivity index (χ4v) is 3.55. The lowest BCUT2D eigenvalue weighted by atomic mass is 10.1. The maximum absolute atomic E-state index is 5.94. The largest absolute Gasteiger partial charge is 0.344 e. The maximum atomic E-state index is 5.94. The van der Waals surface area contributed by atoms with Crippen LogP contribution in [0.15, 0.2) is 24.4 Å². The van der Waals surface area contributed by atoms with Crippen LogP contribution in [-0.4, -0.2) is 10.6 Å². The summed E-state index contributed by atoms with van der Waals surface area (Å²) in [7, 11) is 0. The Morgan fingerprint density at radius 2 is 2.00 bits per heavy atom. The van der Waals surface area contributed by atoms with Gasteiger partial charge in [0.05, 0.1) is 5.52 Å². The van der Waals surface area contributed by atoms with Gasteiger partial charge in [0.15, 0.2) is 0 Å². The maximum Gasteiger partial charge on any atom is 0.0531 e. The molecule has 0 aliphatic heterocycles. The second-order valence-electron chi connectivity index (χ2n) is 6.54. The molecule has 3 nitrogen and oxygen atoms in total. The summed E-state index contributed by atoms with van der Waals surface area (Å²) in [6.45, 7) is 6.04.